The summed E-state index contributed by atoms with van der Waals surface area (Å²) in [5.41, 5.74) is 7.60. The van der Waals surface area contributed by atoms with Crippen LogP contribution in [0.5, 0.6) is 0 Å². The fraction of sp³-hybridized carbons (Fsp3) is 0.632. The van der Waals surface area contributed by atoms with Crippen LogP contribution in [0.4, 0.5) is 4.39 Å². The van der Waals surface area contributed by atoms with Crippen LogP contribution in [0.25, 0.3) is 0 Å². The number of nitrogens with two attached hydrogens (primary N) is 1. The summed E-state index contributed by atoms with van der Waals surface area (Å²) in [5, 5.41) is 3.23. The molecule has 4 nitrogen and oxygen atoms in total. The minimum absolute atomic E-state index is 0.179. The van der Waals surface area contributed by atoms with Crippen LogP contribution in [0.2, 0.25) is 0 Å². The van der Waals surface area contributed by atoms with Crippen molar-refractivity contribution >= 4 is 5.96 Å². The number of halogens is 1. The Kier molecular flexibility index (Phi) is 8.76. The van der Waals surface area contributed by atoms with E-state index in [0.717, 1.165) is 17.9 Å². The van der Waals surface area contributed by atoms with E-state index < -0.39 is 0 Å². The van der Waals surface area contributed by atoms with Gasteiger partial charge in [-0.3, -0.25) is 0 Å². The molecule has 0 saturated carbocycles. The highest BCUT2D eigenvalue weighted by molar-refractivity contribution is 5.78. The number of hydrogen-bond donors (Lipinski definition) is 2. The summed E-state index contributed by atoms with van der Waals surface area (Å²) < 4.78 is 13.8. The van der Waals surface area contributed by atoms with Gasteiger partial charge in [-0.15, -0.1) is 0 Å². The van der Waals surface area contributed by atoms with E-state index in [2.05, 4.69) is 31.1 Å². The van der Waals surface area contributed by atoms with Crippen LogP contribution >= 0.6 is 0 Å². The van der Waals surface area contributed by atoms with Crippen molar-refractivity contribution in [1.29, 1.82) is 0 Å². The van der Waals surface area contributed by atoms with Crippen molar-refractivity contribution in [2.45, 2.75) is 59.2 Å². The van der Waals surface area contributed by atoms with E-state index in [1.54, 1.807) is 6.07 Å². The van der Waals surface area contributed by atoms with Gasteiger partial charge in [-0.25, -0.2) is 9.38 Å². The SMILES string of the molecule is CC(C)CCCC(C)NC(N)=NCc1ccc(F)c(CN(C)C)c1. The molecule has 3 N–H and O–H groups in total. The number of nitrogens with one attached hydrogen (secondary N) is 1. The van der Waals surface area contributed by atoms with E-state index in [0.29, 0.717) is 30.7 Å². The topological polar surface area (TPSA) is 53.6 Å². The summed E-state index contributed by atoms with van der Waals surface area (Å²) in [4.78, 5) is 6.32. The number of benzene rings is 1. The molecule has 0 amide bonds. The molecule has 136 valence electrons. The molecule has 0 aliphatic carbocycles. The molecule has 0 heterocycles. The lowest BCUT2D eigenvalue weighted by Crippen LogP contribution is -2.38. The molecule has 0 saturated heterocycles. The molecule has 1 aromatic carbocycles. The first-order valence-corrected chi connectivity index (χ1v) is 8.76. The quantitative estimate of drug-likeness (QED) is 0.536. The smallest absolute Gasteiger partial charge is 0.189 e. The van der Waals surface area contributed by atoms with E-state index in [4.69, 9.17) is 5.73 Å². The minimum atomic E-state index is -0.179. The average molecular weight is 336 g/mol. The molecule has 0 aliphatic heterocycles. The maximum Gasteiger partial charge on any atom is 0.189 e. The molecule has 0 aliphatic rings. The number of aliphatic imine (C=N–C) groups is 1. The highest BCUT2D eigenvalue weighted by atomic mass is 19.1. The summed E-state index contributed by atoms with van der Waals surface area (Å²) in [5.74, 6) is 1.00. The zero-order valence-electron chi connectivity index (χ0n) is 15.8. The molecule has 0 radical (unpaired) electrons. The predicted molar refractivity (Wildman–Crippen MR) is 100 cm³/mol. The van der Waals surface area contributed by atoms with Gasteiger partial charge < -0.3 is 16.0 Å². The number of guanidine groups is 1. The third-order valence-electron chi connectivity index (χ3n) is 3.84. The van der Waals surface area contributed by atoms with Crippen LogP contribution in [-0.2, 0) is 13.1 Å². The minimum Gasteiger partial charge on any atom is -0.370 e. The van der Waals surface area contributed by atoms with Crippen LogP contribution in [0, 0.1) is 11.7 Å². The molecule has 1 unspecified atom stereocenters. The van der Waals surface area contributed by atoms with Crippen molar-refractivity contribution in [3.8, 4) is 0 Å². The highest BCUT2D eigenvalue weighted by Gasteiger charge is 2.06. The van der Waals surface area contributed by atoms with E-state index in [-0.39, 0.29) is 5.82 Å². The van der Waals surface area contributed by atoms with Crippen LogP contribution in [-0.4, -0.2) is 31.0 Å². The molecule has 0 aromatic heterocycles. The second-order valence-corrected chi connectivity index (χ2v) is 7.24. The van der Waals surface area contributed by atoms with Crippen molar-refractivity contribution < 1.29 is 4.39 Å². The summed E-state index contributed by atoms with van der Waals surface area (Å²) in [6.45, 7) is 7.63. The maximum atomic E-state index is 13.8. The molecule has 0 fully saturated rings. The maximum absolute atomic E-state index is 13.8. The Labute approximate surface area is 146 Å². The molecule has 1 aromatic rings. The van der Waals surface area contributed by atoms with E-state index in [9.17, 15) is 4.39 Å². The van der Waals surface area contributed by atoms with Gasteiger partial charge in [0.1, 0.15) is 5.82 Å². The molecular weight excluding hydrogens is 303 g/mol. The Morgan fingerprint density at radius 3 is 2.58 bits per heavy atom. The number of nitrogens with zero attached hydrogens (tertiary/aromatic N) is 2. The van der Waals surface area contributed by atoms with Crippen LogP contribution in [0.1, 0.15) is 51.2 Å². The Hall–Kier alpha value is -1.62. The summed E-state index contributed by atoms with van der Waals surface area (Å²) in [6.07, 6.45) is 3.50. The summed E-state index contributed by atoms with van der Waals surface area (Å²) in [7, 11) is 3.85. The van der Waals surface area contributed by atoms with Gasteiger partial charge in [0.15, 0.2) is 5.96 Å². The zero-order chi connectivity index (χ0) is 18.1. The van der Waals surface area contributed by atoms with Crippen molar-refractivity contribution in [1.82, 2.24) is 10.2 Å². The van der Waals surface area contributed by atoms with Gasteiger partial charge in [-0.05, 0) is 51.1 Å². The van der Waals surface area contributed by atoms with Gasteiger partial charge >= 0.3 is 0 Å². The molecule has 24 heavy (non-hydrogen) atoms. The third kappa shape index (κ3) is 8.29. The predicted octanol–water partition coefficient (Wildman–Crippen LogP) is 3.51. The first kappa shape index (κ1) is 20.4. The Bertz CT molecular complexity index is 526. The summed E-state index contributed by atoms with van der Waals surface area (Å²) in [6, 6.07) is 5.43. The van der Waals surface area contributed by atoms with Crippen molar-refractivity contribution in [2.75, 3.05) is 14.1 Å². The van der Waals surface area contributed by atoms with Crippen molar-refractivity contribution in [3.63, 3.8) is 0 Å². The van der Waals surface area contributed by atoms with Crippen molar-refractivity contribution in [2.24, 2.45) is 16.6 Å². The van der Waals surface area contributed by atoms with Gasteiger partial charge in [-0.2, -0.15) is 0 Å². The Balaban J connectivity index is 2.52. The first-order chi connectivity index (χ1) is 11.3. The normalized spacial score (nSPS) is 13.6. The standard InChI is InChI=1S/C19H33FN4/c1-14(2)7-6-8-15(3)23-19(21)22-12-16-9-10-18(20)17(11-16)13-24(4)5/h9-11,14-15H,6-8,12-13H2,1-5H3,(H3,21,22,23). The van der Waals surface area contributed by atoms with Crippen LogP contribution in [0.3, 0.4) is 0 Å². The second kappa shape index (κ2) is 10.3. The van der Waals surface area contributed by atoms with Gasteiger partial charge in [0.2, 0.25) is 0 Å². The van der Waals surface area contributed by atoms with Gasteiger partial charge in [-0.1, -0.05) is 32.8 Å². The monoisotopic (exact) mass is 336 g/mol. The number of hydrogen-bond acceptors (Lipinski definition) is 2. The number of rotatable bonds is 9. The van der Waals surface area contributed by atoms with Crippen molar-refractivity contribution in [3.05, 3.63) is 35.1 Å². The lowest BCUT2D eigenvalue weighted by atomic mass is 10.0. The lowest BCUT2D eigenvalue weighted by Gasteiger charge is -2.15. The van der Waals surface area contributed by atoms with E-state index >= 15 is 0 Å². The van der Waals surface area contributed by atoms with E-state index in [1.807, 2.05) is 25.1 Å². The summed E-state index contributed by atoms with van der Waals surface area (Å²) >= 11 is 0. The largest absolute Gasteiger partial charge is 0.370 e. The fourth-order valence-electron chi connectivity index (χ4n) is 2.57. The molecule has 0 bridgehead atoms. The van der Waals surface area contributed by atoms with Gasteiger partial charge in [0, 0.05) is 18.2 Å². The van der Waals surface area contributed by atoms with E-state index in [1.165, 1.54) is 18.9 Å². The second-order valence-electron chi connectivity index (χ2n) is 7.24. The molecule has 5 heteroatoms. The third-order valence-corrected chi connectivity index (χ3v) is 3.84. The first-order valence-electron chi connectivity index (χ1n) is 8.76. The van der Waals surface area contributed by atoms with Gasteiger partial charge in [0.05, 0.1) is 6.54 Å². The Morgan fingerprint density at radius 2 is 1.96 bits per heavy atom. The molecular formula is C19H33FN4. The molecule has 0 spiro atoms. The zero-order valence-corrected chi connectivity index (χ0v) is 15.8. The molecule has 1 rings (SSSR count). The van der Waals surface area contributed by atoms with Crippen LogP contribution in [0.15, 0.2) is 23.2 Å². The average Bonchev–Trinajstić information content (AvgIpc) is 2.47. The van der Waals surface area contributed by atoms with Crippen LogP contribution < -0.4 is 11.1 Å². The fourth-order valence-corrected chi connectivity index (χ4v) is 2.57. The lowest BCUT2D eigenvalue weighted by molar-refractivity contribution is 0.392. The van der Waals surface area contributed by atoms with Gasteiger partial charge in [0.25, 0.3) is 0 Å². The molecule has 1 atom stereocenters. The Morgan fingerprint density at radius 1 is 1.25 bits per heavy atom. The highest BCUT2D eigenvalue weighted by Crippen LogP contribution is 2.13.